The fourth-order valence-corrected chi connectivity index (χ4v) is 2.59. The van der Waals surface area contributed by atoms with E-state index in [1.165, 1.54) is 11.1 Å². The largest absolute Gasteiger partial charge is 0.379 e. The molecular weight excluding hydrogens is 417 g/mol. The van der Waals surface area contributed by atoms with Gasteiger partial charge < -0.3 is 20.1 Å². The van der Waals surface area contributed by atoms with Crippen LogP contribution in [0.15, 0.2) is 29.3 Å². The van der Waals surface area contributed by atoms with E-state index in [2.05, 4.69) is 46.8 Å². The lowest BCUT2D eigenvalue weighted by Gasteiger charge is -2.13. The van der Waals surface area contributed by atoms with E-state index in [0.717, 1.165) is 58.1 Å². The predicted octanol–water partition coefficient (Wildman–Crippen LogP) is 2.52. The van der Waals surface area contributed by atoms with Crippen LogP contribution in [-0.2, 0) is 15.9 Å². The van der Waals surface area contributed by atoms with Gasteiger partial charge in [0.1, 0.15) is 0 Å². The van der Waals surface area contributed by atoms with Crippen LogP contribution in [0.5, 0.6) is 0 Å². The predicted molar refractivity (Wildman–Crippen MR) is 109 cm³/mol. The molecule has 1 heterocycles. The first-order chi connectivity index (χ1) is 11.3. The SMILES string of the molecule is CN=C(NCCCOC1CCOC1)NCCc1cccc(C)c1.I. The van der Waals surface area contributed by atoms with Crippen LogP contribution in [-0.4, -0.2) is 52.0 Å². The van der Waals surface area contributed by atoms with Crippen molar-refractivity contribution >= 4 is 29.9 Å². The average molecular weight is 447 g/mol. The van der Waals surface area contributed by atoms with E-state index in [9.17, 15) is 0 Å². The number of aryl methyl sites for hydroxylation is 1. The number of ether oxygens (including phenoxy) is 2. The monoisotopic (exact) mass is 447 g/mol. The summed E-state index contributed by atoms with van der Waals surface area (Å²) in [5, 5.41) is 6.67. The molecule has 0 amide bonds. The summed E-state index contributed by atoms with van der Waals surface area (Å²) < 4.78 is 11.0. The molecule has 0 bridgehead atoms. The summed E-state index contributed by atoms with van der Waals surface area (Å²) in [6.07, 6.45) is 3.28. The normalized spacial score (nSPS) is 17.4. The Morgan fingerprint density at radius 3 is 2.88 bits per heavy atom. The molecule has 136 valence electrons. The van der Waals surface area contributed by atoms with Crippen LogP contribution in [0.2, 0.25) is 0 Å². The quantitative estimate of drug-likeness (QED) is 0.278. The zero-order valence-corrected chi connectivity index (χ0v) is 17.0. The second-order valence-electron chi connectivity index (χ2n) is 5.87. The van der Waals surface area contributed by atoms with Gasteiger partial charge in [0, 0.05) is 33.4 Å². The number of halogens is 1. The number of hydrogen-bond acceptors (Lipinski definition) is 3. The van der Waals surface area contributed by atoms with Crippen molar-refractivity contribution in [1.82, 2.24) is 10.6 Å². The van der Waals surface area contributed by atoms with Crippen molar-refractivity contribution in [2.45, 2.75) is 32.3 Å². The van der Waals surface area contributed by atoms with Crippen molar-refractivity contribution in [3.05, 3.63) is 35.4 Å². The Balaban J connectivity index is 0.00000288. The Hall–Kier alpha value is -0.860. The van der Waals surface area contributed by atoms with Gasteiger partial charge in [-0.05, 0) is 31.7 Å². The fraction of sp³-hybridized carbons (Fsp3) is 0.611. The minimum atomic E-state index is 0. The molecule has 1 saturated heterocycles. The van der Waals surface area contributed by atoms with Crippen molar-refractivity contribution in [3.8, 4) is 0 Å². The standard InChI is InChI=1S/C18H29N3O2.HI/c1-15-5-3-6-16(13-15)7-10-21-18(19-2)20-9-4-11-23-17-8-12-22-14-17;/h3,5-6,13,17H,4,7-12,14H2,1-2H3,(H2,19,20,21);1H. The highest BCUT2D eigenvalue weighted by atomic mass is 127. The van der Waals surface area contributed by atoms with Gasteiger partial charge in [0.25, 0.3) is 0 Å². The van der Waals surface area contributed by atoms with Crippen molar-refractivity contribution < 1.29 is 9.47 Å². The summed E-state index contributed by atoms with van der Waals surface area (Å²) in [7, 11) is 1.80. The Labute approximate surface area is 162 Å². The summed E-state index contributed by atoms with van der Waals surface area (Å²) in [6, 6.07) is 8.61. The number of guanidine groups is 1. The van der Waals surface area contributed by atoms with Crippen molar-refractivity contribution in [1.29, 1.82) is 0 Å². The maximum Gasteiger partial charge on any atom is 0.190 e. The molecule has 1 atom stereocenters. The molecule has 1 aliphatic rings. The summed E-state index contributed by atoms with van der Waals surface area (Å²) in [5.74, 6) is 0.849. The third-order valence-corrected chi connectivity index (χ3v) is 3.87. The van der Waals surface area contributed by atoms with E-state index in [4.69, 9.17) is 9.47 Å². The maximum atomic E-state index is 5.74. The smallest absolute Gasteiger partial charge is 0.190 e. The molecule has 5 nitrogen and oxygen atoms in total. The second kappa shape index (κ2) is 12.5. The molecular formula is C18H30IN3O2. The number of nitrogens with zero attached hydrogens (tertiary/aromatic N) is 1. The van der Waals surface area contributed by atoms with E-state index in [1.54, 1.807) is 7.05 Å². The van der Waals surface area contributed by atoms with Gasteiger partial charge in [0.05, 0.1) is 12.7 Å². The Morgan fingerprint density at radius 1 is 1.33 bits per heavy atom. The lowest BCUT2D eigenvalue weighted by molar-refractivity contribution is 0.0420. The van der Waals surface area contributed by atoms with Crippen LogP contribution in [0.25, 0.3) is 0 Å². The number of benzene rings is 1. The Bertz CT molecular complexity index is 491. The molecule has 0 saturated carbocycles. The first-order valence-corrected chi connectivity index (χ1v) is 8.47. The van der Waals surface area contributed by atoms with Crippen LogP contribution >= 0.6 is 24.0 Å². The van der Waals surface area contributed by atoms with Gasteiger partial charge in [-0.1, -0.05) is 29.8 Å². The minimum absolute atomic E-state index is 0. The van der Waals surface area contributed by atoms with E-state index < -0.39 is 0 Å². The molecule has 0 aromatic heterocycles. The van der Waals surface area contributed by atoms with Gasteiger partial charge in [0.2, 0.25) is 0 Å². The zero-order valence-electron chi connectivity index (χ0n) is 14.7. The molecule has 2 rings (SSSR count). The number of rotatable bonds is 8. The number of aliphatic imine (C=N–C) groups is 1. The van der Waals surface area contributed by atoms with Gasteiger partial charge in [-0.25, -0.2) is 0 Å². The van der Waals surface area contributed by atoms with Crippen LogP contribution in [0, 0.1) is 6.92 Å². The van der Waals surface area contributed by atoms with Crippen LogP contribution in [0.3, 0.4) is 0 Å². The van der Waals surface area contributed by atoms with Gasteiger partial charge in [-0.2, -0.15) is 0 Å². The molecule has 24 heavy (non-hydrogen) atoms. The van der Waals surface area contributed by atoms with Gasteiger partial charge in [0.15, 0.2) is 5.96 Å². The second-order valence-corrected chi connectivity index (χ2v) is 5.87. The third-order valence-electron chi connectivity index (χ3n) is 3.87. The van der Waals surface area contributed by atoms with Gasteiger partial charge >= 0.3 is 0 Å². The van der Waals surface area contributed by atoms with Crippen LogP contribution < -0.4 is 10.6 Å². The first kappa shape index (κ1) is 21.2. The van der Waals surface area contributed by atoms with E-state index in [0.29, 0.717) is 6.10 Å². The van der Waals surface area contributed by atoms with Gasteiger partial charge in [-0.3, -0.25) is 4.99 Å². The molecule has 0 radical (unpaired) electrons. The number of hydrogen-bond donors (Lipinski definition) is 2. The van der Waals surface area contributed by atoms with Crippen molar-refractivity contribution in [2.75, 3.05) is 40.0 Å². The molecule has 1 aromatic rings. The molecule has 2 N–H and O–H groups in total. The third kappa shape index (κ3) is 8.30. The topological polar surface area (TPSA) is 54.9 Å². The molecule has 6 heteroatoms. The van der Waals surface area contributed by atoms with Crippen molar-refractivity contribution in [3.63, 3.8) is 0 Å². The fourth-order valence-electron chi connectivity index (χ4n) is 2.59. The first-order valence-electron chi connectivity index (χ1n) is 8.47. The summed E-state index contributed by atoms with van der Waals surface area (Å²) in [4.78, 5) is 4.25. The molecule has 0 spiro atoms. The summed E-state index contributed by atoms with van der Waals surface area (Å²) in [5.41, 5.74) is 2.65. The molecule has 1 aliphatic heterocycles. The molecule has 1 aromatic carbocycles. The minimum Gasteiger partial charge on any atom is -0.379 e. The summed E-state index contributed by atoms with van der Waals surface area (Å²) in [6.45, 7) is 6.20. The summed E-state index contributed by atoms with van der Waals surface area (Å²) >= 11 is 0. The molecule has 1 fully saturated rings. The highest BCUT2D eigenvalue weighted by Gasteiger charge is 2.15. The van der Waals surface area contributed by atoms with E-state index in [1.807, 2.05) is 0 Å². The van der Waals surface area contributed by atoms with Gasteiger partial charge in [-0.15, -0.1) is 24.0 Å². The lowest BCUT2D eigenvalue weighted by Crippen LogP contribution is -2.39. The van der Waals surface area contributed by atoms with Crippen LogP contribution in [0.1, 0.15) is 24.0 Å². The van der Waals surface area contributed by atoms with E-state index in [-0.39, 0.29) is 24.0 Å². The maximum absolute atomic E-state index is 5.74. The molecule has 0 aliphatic carbocycles. The van der Waals surface area contributed by atoms with Crippen LogP contribution in [0.4, 0.5) is 0 Å². The van der Waals surface area contributed by atoms with E-state index >= 15 is 0 Å². The average Bonchev–Trinajstić information content (AvgIpc) is 3.06. The van der Waals surface area contributed by atoms with Crippen molar-refractivity contribution in [2.24, 2.45) is 4.99 Å². The zero-order chi connectivity index (χ0) is 16.3. The highest BCUT2D eigenvalue weighted by Crippen LogP contribution is 2.07. The number of nitrogens with one attached hydrogen (secondary N) is 2. The Kier molecular flexibility index (Phi) is 11.0. The highest BCUT2D eigenvalue weighted by molar-refractivity contribution is 14.0. The Morgan fingerprint density at radius 2 is 2.17 bits per heavy atom. The lowest BCUT2D eigenvalue weighted by atomic mass is 10.1. The molecule has 1 unspecified atom stereocenters.